The monoisotopic (exact) mass is 503 g/mol. The van der Waals surface area contributed by atoms with E-state index < -0.39 is 17.3 Å². The summed E-state index contributed by atoms with van der Waals surface area (Å²) in [5.74, 6) is 0.846. The molecule has 1 aromatic carbocycles. The van der Waals surface area contributed by atoms with Crippen LogP contribution in [0, 0.1) is 0 Å². The number of morpholine rings is 1. The molecule has 0 bridgehead atoms. The van der Waals surface area contributed by atoms with Gasteiger partial charge in [-0.05, 0) is 48.5 Å². The molecule has 0 unspecified atom stereocenters. The van der Waals surface area contributed by atoms with Crippen LogP contribution in [0.4, 0.5) is 19.0 Å². The third-order valence-corrected chi connectivity index (χ3v) is 6.37. The molecule has 0 spiro atoms. The van der Waals surface area contributed by atoms with Crippen molar-refractivity contribution >= 4 is 27.8 Å². The van der Waals surface area contributed by atoms with Gasteiger partial charge in [-0.3, -0.25) is 14.3 Å². The van der Waals surface area contributed by atoms with Crippen molar-refractivity contribution in [2.45, 2.75) is 6.18 Å². The van der Waals surface area contributed by atoms with Crippen molar-refractivity contribution in [2.24, 2.45) is 0 Å². The molecule has 1 saturated heterocycles. The Bertz CT molecular complexity index is 1680. The third-order valence-electron chi connectivity index (χ3n) is 6.37. The molecule has 0 amide bonds. The van der Waals surface area contributed by atoms with Gasteiger partial charge in [0.1, 0.15) is 11.3 Å². The maximum absolute atomic E-state index is 13.4. The van der Waals surface area contributed by atoms with Crippen LogP contribution in [0.5, 0.6) is 0 Å². The molecule has 7 nitrogen and oxygen atoms in total. The van der Waals surface area contributed by atoms with Gasteiger partial charge >= 0.3 is 6.18 Å². The Morgan fingerprint density at radius 3 is 2.49 bits per heavy atom. The van der Waals surface area contributed by atoms with Crippen molar-refractivity contribution < 1.29 is 17.9 Å². The molecule has 0 radical (unpaired) electrons. The largest absolute Gasteiger partial charge is 0.416 e. The minimum absolute atomic E-state index is 0.0988. The number of alkyl halides is 3. The van der Waals surface area contributed by atoms with Crippen molar-refractivity contribution in [3.8, 4) is 16.9 Å². The van der Waals surface area contributed by atoms with Crippen LogP contribution in [-0.2, 0) is 10.9 Å². The molecule has 0 aliphatic carbocycles. The number of hydrogen-bond donors (Lipinski definition) is 0. The van der Waals surface area contributed by atoms with E-state index in [1.165, 1.54) is 22.8 Å². The number of pyridine rings is 4. The summed E-state index contributed by atoms with van der Waals surface area (Å²) in [6.07, 6.45) is -1.22. The van der Waals surface area contributed by atoms with Gasteiger partial charge in [0.05, 0.1) is 35.5 Å². The summed E-state index contributed by atoms with van der Waals surface area (Å²) in [5.41, 5.74) is 1.46. The first-order valence-electron chi connectivity index (χ1n) is 11.7. The molecule has 186 valence electrons. The van der Waals surface area contributed by atoms with Gasteiger partial charge in [-0.2, -0.15) is 13.2 Å². The molecule has 1 aliphatic heterocycles. The van der Waals surface area contributed by atoms with Crippen molar-refractivity contribution in [1.82, 2.24) is 19.5 Å². The van der Waals surface area contributed by atoms with Crippen LogP contribution in [0.15, 0.2) is 77.9 Å². The smallest absolute Gasteiger partial charge is 0.378 e. The molecule has 5 heterocycles. The number of anilines is 1. The predicted octanol–water partition coefficient (Wildman–Crippen LogP) is 4.85. The predicted molar refractivity (Wildman–Crippen MR) is 134 cm³/mol. The standard InChI is InChI=1S/C27H20F3N5O2/c28-27(29,30)19-2-1-3-20(14-19)35-24(36)9-5-18-16-31-22-7-6-21(33-25(22)26(18)35)17-4-8-23(32-15-17)34-10-12-37-13-11-34/h1-9,14-16H,10-13H2. The Morgan fingerprint density at radius 2 is 1.73 bits per heavy atom. The maximum Gasteiger partial charge on any atom is 0.416 e. The van der Waals surface area contributed by atoms with Crippen LogP contribution in [0.1, 0.15) is 5.56 Å². The Morgan fingerprint density at radius 1 is 0.892 bits per heavy atom. The van der Waals surface area contributed by atoms with E-state index >= 15 is 0 Å². The lowest BCUT2D eigenvalue weighted by molar-refractivity contribution is -0.137. The average Bonchev–Trinajstić information content (AvgIpc) is 2.93. The topological polar surface area (TPSA) is 73.1 Å². The normalized spacial score (nSPS) is 14.4. The lowest BCUT2D eigenvalue weighted by Gasteiger charge is -2.27. The summed E-state index contributed by atoms with van der Waals surface area (Å²) in [5, 5.41) is 0.579. The zero-order valence-corrected chi connectivity index (χ0v) is 19.4. The van der Waals surface area contributed by atoms with Crippen molar-refractivity contribution in [1.29, 1.82) is 0 Å². The number of hydrogen-bond acceptors (Lipinski definition) is 6. The summed E-state index contributed by atoms with van der Waals surface area (Å²) in [6, 6.07) is 15.0. The first-order valence-corrected chi connectivity index (χ1v) is 11.7. The number of aromatic nitrogens is 4. The molecule has 10 heteroatoms. The highest BCUT2D eigenvalue weighted by Gasteiger charge is 2.30. The highest BCUT2D eigenvalue weighted by atomic mass is 19.4. The summed E-state index contributed by atoms with van der Waals surface area (Å²) < 4.78 is 46.9. The van der Waals surface area contributed by atoms with E-state index in [-0.39, 0.29) is 5.69 Å². The molecule has 1 fully saturated rings. The van der Waals surface area contributed by atoms with E-state index in [2.05, 4.69) is 14.9 Å². The lowest BCUT2D eigenvalue weighted by atomic mass is 10.1. The molecule has 4 aromatic heterocycles. The van der Waals surface area contributed by atoms with E-state index in [0.717, 1.165) is 36.6 Å². The van der Waals surface area contributed by atoms with Crippen LogP contribution in [-0.4, -0.2) is 45.8 Å². The van der Waals surface area contributed by atoms with Crippen molar-refractivity contribution in [3.63, 3.8) is 0 Å². The second-order valence-corrected chi connectivity index (χ2v) is 8.69. The Hall–Kier alpha value is -4.31. The fourth-order valence-corrected chi connectivity index (χ4v) is 4.53. The number of fused-ring (bicyclic) bond motifs is 3. The van der Waals surface area contributed by atoms with Gasteiger partial charge in [0.15, 0.2) is 0 Å². The highest BCUT2D eigenvalue weighted by Crippen LogP contribution is 2.32. The van der Waals surface area contributed by atoms with Gasteiger partial charge in [-0.1, -0.05) is 6.07 Å². The molecule has 37 heavy (non-hydrogen) atoms. The zero-order valence-electron chi connectivity index (χ0n) is 19.4. The van der Waals surface area contributed by atoms with Gasteiger partial charge in [0.25, 0.3) is 5.56 Å². The fourth-order valence-electron chi connectivity index (χ4n) is 4.53. The van der Waals surface area contributed by atoms with E-state index in [4.69, 9.17) is 9.72 Å². The van der Waals surface area contributed by atoms with Gasteiger partial charge < -0.3 is 9.64 Å². The first kappa shape index (κ1) is 23.1. The number of rotatable bonds is 3. The Kier molecular flexibility index (Phi) is 5.60. The minimum atomic E-state index is -4.54. The molecule has 5 aromatic rings. The van der Waals surface area contributed by atoms with E-state index in [9.17, 15) is 18.0 Å². The van der Waals surface area contributed by atoms with Crippen LogP contribution >= 0.6 is 0 Å². The quantitative estimate of drug-likeness (QED) is 0.328. The summed E-state index contributed by atoms with van der Waals surface area (Å²) in [7, 11) is 0. The summed E-state index contributed by atoms with van der Waals surface area (Å²) in [6.45, 7) is 2.85. The molecular formula is C27H20F3N5O2. The molecule has 0 atom stereocenters. The van der Waals surface area contributed by atoms with Crippen molar-refractivity contribution in [3.05, 3.63) is 89.0 Å². The van der Waals surface area contributed by atoms with E-state index in [1.54, 1.807) is 24.5 Å². The number of benzene rings is 1. The molecule has 0 N–H and O–H groups in total. The van der Waals surface area contributed by atoms with Crippen LogP contribution in [0.2, 0.25) is 0 Å². The highest BCUT2D eigenvalue weighted by molar-refractivity contribution is 6.02. The zero-order chi connectivity index (χ0) is 25.6. The van der Waals surface area contributed by atoms with Gasteiger partial charge in [-0.15, -0.1) is 0 Å². The first-order chi connectivity index (χ1) is 17.9. The maximum atomic E-state index is 13.4. The van der Waals surface area contributed by atoms with Crippen LogP contribution in [0.3, 0.4) is 0 Å². The SMILES string of the molecule is O=c1ccc2cnc3ccc(-c4ccc(N5CCOCC5)nc4)nc3c2n1-c1cccc(C(F)(F)F)c1. The second kappa shape index (κ2) is 8.97. The van der Waals surface area contributed by atoms with E-state index in [0.29, 0.717) is 40.8 Å². The van der Waals surface area contributed by atoms with Crippen LogP contribution < -0.4 is 10.5 Å². The average molecular weight is 503 g/mol. The molecule has 0 saturated carbocycles. The second-order valence-electron chi connectivity index (χ2n) is 8.69. The summed E-state index contributed by atoms with van der Waals surface area (Å²) >= 11 is 0. The minimum Gasteiger partial charge on any atom is -0.378 e. The Balaban J connectivity index is 1.51. The number of ether oxygens (including phenoxy) is 1. The summed E-state index contributed by atoms with van der Waals surface area (Å²) in [4.78, 5) is 29.0. The molecule has 1 aliphatic rings. The van der Waals surface area contributed by atoms with Gasteiger partial charge in [0.2, 0.25) is 0 Å². The van der Waals surface area contributed by atoms with Gasteiger partial charge in [-0.25, -0.2) is 9.97 Å². The third kappa shape index (κ3) is 4.29. The number of halogens is 3. The van der Waals surface area contributed by atoms with E-state index in [1.807, 2.05) is 18.2 Å². The fraction of sp³-hybridized carbons (Fsp3) is 0.185. The van der Waals surface area contributed by atoms with Crippen LogP contribution in [0.25, 0.3) is 38.9 Å². The lowest BCUT2D eigenvalue weighted by Crippen LogP contribution is -2.36. The molecule has 6 rings (SSSR count). The Labute approximate surface area is 208 Å². The molecular weight excluding hydrogens is 483 g/mol. The van der Waals surface area contributed by atoms with Gasteiger partial charge in [0, 0.05) is 48.2 Å². The number of nitrogens with zero attached hydrogens (tertiary/aromatic N) is 5. The van der Waals surface area contributed by atoms with Crippen molar-refractivity contribution in [2.75, 3.05) is 31.2 Å².